The van der Waals surface area contributed by atoms with Crippen molar-refractivity contribution >= 4 is 30.1 Å². The van der Waals surface area contributed by atoms with Crippen molar-refractivity contribution in [2.45, 2.75) is 6.17 Å². The summed E-state index contributed by atoms with van der Waals surface area (Å²) < 4.78 is 7.12. The maximum atomic E-state index is 6.06. The maximum Gasteiger partial charge on any atom is 0.118 e. The van der Waals surface area contributed by atoms with E-state index in [1.807, 2.05) is 6.34 Å². The van der Waals surface area contributed by atoms with Crippen molar-refractivity contribution in [3.8, 4) is 0 Å². The molecule has 0 aromatic heterocycles. The quantitative estimate of drug-likeness (QED) is 0.525. The molecule has 0 bridgehead atoms. The second-order valence-corrected chi connectivity index (χ2v) is 5.95. The minimum atomic E-state index is 0.280. The molecule has 0 amide bonds. The third kappa shape index (κ3) is 2.20. The van der Waals surface area contributed by atoms with E-state index in [1.165, 1.54) is 17.5 Å². The number of ether oxygens (including phenoxy) is 1. The second kappa shape index (κ2) is 4.78. The molecule has 1 unspecified atom stereocenters. The lowest BCUT2D eigenvalue weighted by atomic mass is 10.1. The highest BCUT2D eigenvalue weighted by Crippen LogP contribution is 2.39. The molecule has 3 rings (SSSR count). The van der Waals surface area contributed by atoms with E-state index in [9.17, 15) is 0 Å². The van der Waals surface area contributed by atoms with Crippen molar-refractivity contribution in [2.75, 3.05) is 39.9 Å². The molecular weight excluding hydrogens is 260 g/mol. The van der Waals surface area contributed by atoms with E-state index in [1.54, 1.807) is 3.82 Å². The van der Waals surface area contributed by atoms with E-state index in [-0.39, 0.29) is 6.17 Å². The monoisotopic (exact) mass is 274 g/mol. The van der Waals surface area contributed by atoms with Gasteiger partial charge in [-0.3, -0.25) is 4.90 Å². The van der Waals surface area contributed by atoms with E-state index in [4.69, 9.17) is 16.5 Å². The zero-order chi connectivity index (χ0) is 11.8. The molecule has 1 fully saturated rings. The van der Waals surface area contributed by atoms with E-state index in [0.717, 1.165) is 37.9 Å². The molecule has 0 N–H and O–H groups in total. The Balaban J connectivity index is 1.83. The van der Waals surface area contributed by atoms with Crippen LogP contribution in [-0.4, -0.2) is 66.0 Å². The molecule has 1 saturated heterocycles. The molecule has 17 heavy (non-hydrogen) atoms. The summed E-state index contributed by atoms with van der Waals surface area (Å²) >= 11 is 7.57. The first-order valence-corrected chi connectivity index (χ1v) is 6.79. The van der Waals surface area contributed by atoms with Crippen molar-refractivity contribution in [1.82, 2.24) is 13.6 Å². The Kier molecular flexibility index (Phi) is 3.32. The molecule has 1 atom stereocenters. The normalized spacial score (nSPS) is 31.2. The largest absolute Gasteiger partial charge is 0.379 e. The first-order chi connectivity index (χ1) is 8.25. The Morgan fingerprint density at radius 3 is 3.00 bits per heavy atom. The average molecular weight is 275 g/mol. The number of aliphatic imine (C=N–C) groups is 1. The Morgan fingerprint density at radius 2 is 2.24 bits per heavy atom. The summed E-state index contributed by atoms with van der Waals surface area (Å²) in [5.41, 5.74) is 1.30. The highest BCUT2D eigenvalue weighted by molar-refractivity contribution is 8.01. The summed E-state index contributed by atoms with van der Waals surface area (Å²) in [6.45, 7) is 4.31. The van der Waals surface area contributed by atoms with Crippen LogP contribution in [0, 0.1) is 0 Å². The number of rotatable bonds is 1. The van der Waals surface area contributed by atoms with Gasteiger partial charge in [-0.05, 0) is 23.7 Å². The van der Waals surface area contributed by atoms with Gasteiger partial charge >= 0.3 is 0 Å². The second-order valence-electron chi connectivity index (χ2n) is 4.33. The van der Waals surface area contributed by atoms with E-state index in [0.29, 0.717) is 0 Å². The summed E-state index contributed by atoms with van der Waals surface area (Å²) in [5, 5.41) is 1.05. The molecule has 3 heterocycles. The molecule has 5 nitrogen and oxygen atoms in total. The number of halogens is 1. The van der Waals surface area contributed by atoms with Crippen molar-refractivity contribution in [3.63, 3.8) is 0 Å². The summed E-state index contributed by atoms with van der Waals surface area (Å²) in [6, 6.07) is 0. The fourth-order valence-electron chi connectivity index (χ4n) is 2.44. The van der Waals surface area contributed by atoms with Crippen molar-refractivity contribution in [1.29, 1.82) is 0 Å². The summed E-state index contributed by atoms with van der Waals surface area (Å²) in [4.78, 5) is 9.01. The molecular formula is C10H15ClN4OS. The fraction of sp³-hybridized carbons (Fsp3) is 0.700. The molecule has 0 aromatic carbocycles. The molecule has 3 aliphatic rings. The van der Waals surface area contributed by atoms with Crippen LogP contribution in [0.25, 0.3) is 0 Å². The van der Waals surface area contributed by atoms with Crippen LogP contribution in [-0.2, 0) is 4.74 Å². The first kappa shape index (κ1) is 11.8. The van der Waals surface area contributed by atoms with Crippen LogP contribution in [0.1, 0.15) is 0 Å². The standard InChI is InChI=1S/C10H15ClN4OS/c1-13-7-12-9-8(6-15(11)17-9)10(13)14-2-4-16-5-3-14/h7,10H,2-6H2,1H3. The molecule has 7 heteroatoms. The van der Waals surface area contributed by atoms with Gasteiger partial charge in [0.2, 0.25) is 0 Å². The topological polar surface area (TPSA) is 31.3 Å². The van der Waals surface area contributed by atoms with Crippen molar-refractivity contribution < 1.29 is 4.74 Å². The predicted octanol–water partition coefficient (Wildman–Crippen LogP) is 0.948. The van der Waals surface area contributed by atoms with Gasteiger partial charge < -0.3 is 9.64 Å². The predicted molar refractivity (Wildman–Crippen MR) is 69.6 cm³/mol. The van der Waals surface area contributed by atoms with Gasteiger partial charge in [0.15, 0.2) is 0 Å². The van der Waals surface area contributed by atoms with E-state index < -0.39 is 0 Å². The fourth-order valence-corrected chi connectivity index (χ4v) is 3.53. The van der Waals surface area contributed by atoms with Crippen molar-refractivity contribution in [2.24, 2.45) is 4.99 Å². The lowest BCUT2D eigenvalue weighted by Gasteiger charge is -2.40. The lowest BCUT2D eigenvalue weighted by Crippen LogP contribution is -2.53. The number of likely N-dealkylation sites (N-methyl/N-ethyl adjacent to an activating group) is 1. The van der Waals surface area contributed by atoms with Crippen LogP contribution in [0.3, 0.4) is 0 Å². The third-order valence-corrected chi connectivity index (χ3v) is 4.40. The molecule has 0 spiro atoms. The number of hydrogen-bond acceptors (Lipinski definition) is 6. The molecule has 0 aliphatic carbocycles. The van der Waals surface area contributed by atoms with Gasteiger partial charge in [0.25, 0.3) is 0 Å². The number of nitrogens with zero attached hydrogens (tertiary/aromatic N) is 4. The van der Waals surface area contributed by atoms with Crippen LogP contribution in [0.2, 0.25) is 0 Å². The van der Waals surface area contributed by atoms with Gasteiger partial charge in [0, 0.05) is 25.7 Å². The third-order valence-electron chi connectivity index (χ3n) is 3.20. The van der Waals surface area contributed by atoms with Gasteiger partial charge in [-0.2, -0.15) is 3.82 Å². The molecule has 0 saturated carbocycles. The maximum absolute atomic E-state index is 6.06. The molecule has 0 aromatic rings. The van der Waals surface area contributed by atoms with Gasteiger partial charge in [-0.25, -0.2) is 4.99 Å². The molecule has 0 radical (unpaired) electrons. The smallest absolute Gasteiger partial charge is 0.118 e. The van der Waals surface area contributed by atoms with Gasteiger partial charge in [-0.15, -0.1) is 0 Å². The average Bonchev–Trinajstić information content (AvgIpc) is 2.70. The minimum absolute atomic E-state index is 0.280. The van der Waals surface area contributed by atoms with E-state index in [2.05, 4.69) is 21.8 Å². The minimum Gasteiger partial charge on any atom is -0.379 e. The van der Waals surface area contributed by atoms with Crippen LogP contribution in [0.4, 0.5) is 0 Å². The highest BCUT2D eigenvalue weighted by atomic mass is 35.5. The van der Waals surface area contributed by atoms with Crippen LogP contribution in [0.15, 0.2) is 15.6 Å². The van der Waals surface area contributed by atoms with Crippen LogP contribution < -0.4 is 0 Å². The van der Waals surface area contributed by atoms with Gasteiger partial charge in [-0.1, -0.05) is 0 Å². The lowest BCUT2D eigenvalue weighted by molar-refractivity contribution is 0.000953. The molecule has 94 valence electrons. The van der Waals surface area contributed by atoms with Gasteiger partial charge in [0.1, 0.15) is 11.2 Å². The summed E-state index contributed by atoms with van der Waals surface area (Å²) in [5.74, 6) is 0. The Bertz CT molecular complexity index is 369. The van der Waals surface area contributed by atoms with E-state index >= 15 is 0 Å². The highest BCUT2D eigenvalue weighted by Gasteiger charge is 2.36. The summed E-state index contributed by atoms with van der Waals surface area (Å²) in [6.07, 6.45) is 2.17. The van der Waals surface area contributed by atoms with Gasteiger partial charge in [0.05, 0.1) is 26.1 Å². The zero-order valence-corrected chi connectivity index (χ0v) is 11.2. The first-order valence-electron chi connectivity index (χ1n) is 5.68. The summed E-state index contributed by atoms with van der Waals surface area (Å²) in [7, 11) is 2.06. The SMILES string of the molecule is CN1C=NC2=C(CN(Cl)S2)C1N1CCOCC1. The Hall–Kier alpha value is -0.270. The Labute approximate surface area is 110 Å². The molecule has 3 aliphatic heterocycles. The van der Waals surface area contributed by atoms with Crippen molar-refractivity contribution in [3.05, 3.63) is 10.6 Å². The van der Waals surface area contributed by atoms with Crippen LogP contribution in [0.5, 0.6) is 0 Å². The van der Waals surface area contributed by atoms with Crippen LogP contribution >= 0.6 is 23.7 Å². The Morgan fingerprint density at radius 1 is 1.47 bits per heavy atom. The number of morpholine rings is 1. The zero-order valence-electron chi connectivity index (χ0n) is 9.67. The number of hydrogen-bond donors (Lipinski definition) is 0.